The predicted molar refractivity (Wildman–Crippen MR) is 76.4 cm³/mol. The van der Waals surface area contributed by atoms with Gasteiger partial charge in [-0.3, -0.25) is 4.79 Å². The molecule has 2 rings (SSSR count). The molecule has 1 heterocycles. The summed E-state index contributed by atoms with van der Waals surface area (Å²) in [6.07, 6.45) is 1.87. The molecule has 0 bridgehead atoms. The molecule has 1 aromatic rings. The van der Waals surface area contributed by atoms with Crippen molar-refractivity contribution in [3.63, 3.8) is 0 Å². The zero-order valence-electron chi connectivity index (χ0n) is 11.4. The van der Waals surface area contributed by atoms with Crippen molar-refractivity contribution in [1.82, 2.24) is 5.32 Å². The first-order valence-electron chi connectivity index (χ1n) is 6.56. The number of hydrogen-bond donors (Lipinski definition) is 1. The molecular weight excluding hydrogens is 254 g/mol. The highest BCUT2D eigenvalue weighted by molar-refractivity contribution is 6.04. The molecule has 0 saturated carbocycles. The highest BCUT2D eigenvalue weighted by atomic mass is 16.5. The van der Waals surface area contributed by atoms with Crippen LogP contribution >= 0.6 is 0 Å². The molecule has 0 radical (unpaired) electrons. The van der Waals surface area contributed by atoms with E-state index in [1.165, 1.54) is 0 Å². The van der Waals surface area contributed by atoms with E-state index in [2.05, 4.69) is 11.9 Å². The molecule has 1 atom stereocenters. The zero-order chi connectivity index (χ0) is 14.5. The second-order valence-electron chi connectivity index (χ2n) is 4.48. The molecule has 1 aliphatic rings. The molecule has 0 aliphatic carbocycles. The Morgan fingerprint density at radius 3 is 2.75 bits per heavy atom. The van der Waals surface area contributed by atoms with Crippen molar-refractivity contribution in [3.8, 4) is 0 Å². The Kier molecular flexibility index (Phi) is 4.35. The number of hydrogen-bond acceptors (Lipinski definition) is 3. The number of rotatable bonds is 4. The minimum absolute atomic E-state index is 0.146. The van der Waals surface area contributed by atoms with E-state index in [0.29, 0.717) is 24.3 Å². The maximum Gasteiger partial charge on any atom is 0.336 e. The minimum atomic E-state index is -0.401. The lowest BCUT2D eigenvalue weighted by Crippen LogP contribution is -2.36. The highest BCUT2D eigenvalue weighted by Crippen LogP contribution is 2.28. The SMILES string of the molecule is C=C[C@@H]1CC(C(=O)OCC)=C(c2ccccc2)NC1=O. The lowest BCUT2D eigenvalue weighted by Gasteiger charge is -2.24. The van der Waals surface area contributed by atoms with E-state index in [1.807, 2.05) is 30.3 Å². The van der Waals surface area contributed by atoms with Crippen LogP contribution in [-0.2, 0) is 14.3 Å². The zero-order valence-corrected chi connectivity index (χ0v) is 11.4. The van der Waals surface area contributed by atoms with Gasteiger partial charge in [0.25, 0.3) is 0 Å². The fourth-order valence-corrected chi connectivity index (χ4v) is 2.15. The molecule has 4 nitrogen and oxygen atoms in total. The summed E-state index contributed by atoms with van der Waals surface area (Å²) in [7, 11) is 0. The predicted octanol–water partition coefficient (Wildman–Crippen LogP) is 2.28. The fourth-order valence-electron chi connectivity index (χ4n) is 2.15. The summed E-state index contributed by atoms with van der Waals surface area (Å²) in [4.78, 5) is 24.1. The minimum Gasteiger partial charge on any atom is -0.463 e. The average Bonchev–Trinajstić information content (AvgIpc) is 2.48. The number of benzene rings is 1. The van der Waals surface area contributed by atoms with Gasteiger partial charge < -0.3 is 10.1 Å². The Labute approximate surface area is 118 Å². The smallest absolute Gasteiger partial charge is 0.336 e. The quantitative estimate of drug-likeness (QED) is 0.675. The van der Waals surface area contributed by atoms with Crippen LogP contribution in [0.15, 0.2) is 48.6 Å². The van der Waals surface area contributed by atoms with E-state index in [4.69, 9.17) is 4.74 Å². The van der Waals surface area contributed by atoms with Crippen molar-refractivity contribution < 1.29 is 14.3 Å². The van der Waals surface area contributed by atoms with Gasteiger partial charge in [0.1, 0.15) is 0 Å². The van der Waals surface area contributed by atoms with Crippen molar-refractivity contribution in [3.05, 3.63) is 54.1 Å². The summed E-state index contributed by atoms with van der Waals surface area (Å²) in [5.41, 5.74) is 1.82. The van der Waals surface area contributed by atoms with Gasteiger partial charge in [0, 0.05) is 0 Å². The number of nitrogens with one attached hydrogen (secondary N) is 1. The van der Waals surface area contributed by atoms with Crippen LogP contribution in [0, 0.1) is 5.92 Å². The molecule has 1 amide bonds. The topological polar surface area (TPSA) is 55.4 Å². The number of carbonyl (C=O) groups is 2. The van der Waals surface area contributed by atoms with Crippen molar-refractivity contribution in [2.45, 2.75) is 13.3 Å². The summed E-state index contributed by atoms with van der Waals surface area (Å²) in [5.74, 6) is -0.938. The summed E-state index contributed by atoms with van der Waals surface area (Å²) in [5, 5.41) is 2.79. The van der Waals surface area contributed by atoms with E-state index >= 15 is 0 Å². The van der Waals surface area contributed by atoms with Crippen LogP contribution in [-0.4, -0.2) is 18.5 Å². The van der Waals surface area contributed by atoms with Crippen LogP contribution in [0.1, 0.15) is 18.9 Å². The van der Waals surface area contributed by atoms with Gasteiger partial charge in [0.15, 0.2) is 0 Å². The number of ether oxygens (including phenoxy) is 1. The summed E-state index contributed by atoms with van der Waals surface area (Å²) in [6.45, 7) is 5.70. The first-order valence-corrected chi connectivity index (χ1v) is 6.56. The molecular formula is C16H17NO3. The van der Waals surface area contributed by atoms with Gasteiger partial charge in [-0.05, 0) is 18.9 Å². The molecule has 104 valence electrons. The third-order valence-electron chi connectivity index (χ3n) is 3.18. The number of amides is 1. The molecule has 4 heteroatoms. The van der Waals surface area contributed by atoms with Crippen molar-refractivity contribution >= 4 is 17.6 Å². The Morgan fingerprint density at radius 1 is 1.45 bits per heavy atom. The highest BCUT2D eigenvalue weighted by Gasteiger charge is 2.30. The summed E-state index contributed by atoms with van der Waals surface area (Å²) < 4.78 is 5.08. The second-order valence-corrected chi connectivity index (χ2v) is 4.48. The third-order valence-corrected chi connectivity index (χ3v) is 3.18. The van der Waals surface area contributed by atoms with Gasteiger partial charge in [-0.1, -0.05) is 36.4 Å². The molecule has 20 heavy (non-hydrogen) atoms. The molecule has 1 N–H and O–H groups in total. The maximum atomic E-state index is 12.1. The Balaban J connectivity index is 2.46. The van der Waals surface area contributed by atoms with Crippen LogP contribution < -0.4 is 5.32 Å². The average molecular weight is 271 g/mol. The van der Waals surface area contributed by atoms with Crippen molar-refractivity contribution in [1.29, 1.82) is 0 Å². The van der Waals surface area contributed by atoms with Gasteiger partial charge >= 0.3 is 5.97 Å². The van der Waals surface area contributed by atoms with Crippen LogP contribution in [0.3, 0.4) is 0 Å². The van der Waals surface area contributed by atoms with E-state index in [0.717, 1.165) is 5.56 Å². The van der Waals surface area contributed by atoms with Gasteiger partial charge in [0.2, 0.25) is 5.91 Å². The largest absolute Gasteiger partial charge is 0.463 e. The van der Waals surface area contributed by atoms with Crippen LogP contribution in [0.2, 0.25) is 0 Å². The first-order chi connectivity index (χ1) is 9.67. The number of carbonyl (C=O) groups excluding carboxylic acids is 2. The molecule has 0 spiro atoms. The molecule has 1 aromatic carbocycles. The van der Waals surface area contributed by atoms with E-state index < -0.39 is 11.9 Å². The number of esters is 1. The van der Waals surface area contributed by atoms with Crippen LogP contribution in [0.5, 0.6) is 0 Å². The van der Waals surface area contributed by atoms with Gasteiger partial charge in [-0.2, -0.15) is 0 Å². The maximum absolute atomic E-state index is 12.1. The van der Waals surface area contributed by atoms with E-state index in [-0.39, 0.29) is 5.91 Å². The summed E-state index contributed by atoms with van der Waals surface area (Å²) in [6, 6.07) is 9.30. The standard InChI is InChI=1S/C16H17NO3/c1-3-11-10-13(16(19)20-4-2)14(17-15(11)18)12-8-6-5-7-9-12/h3,5-9,11H,1,4,10H2,2H3,(H,17,18)/t11-/m1/s1. The Bertz CT molecular complexity index is 560. The lowest BCUT2D eigenvalue weighted by atomic mass is 9.91. The lowest BCUT2D eigenvalue weighted by molar-refractivity contribution is -0.138. The first kappa shape index (κ1) is 14.1. The molecule has 0 unspecified atom stereocenters. The molecule has 0 saturated heterocycles. The third kappa shape index (κ3) is 2.79. The monoisotopic (exact) mass is 271 g/mol. The molecule has 1 aliphatic heterocycles. The van der Waals surface area contributed by atoms with E-state index in [1.54, 1.807) is 13.0 Å². The molecule has 0 aromatic heterocycles. The normalized spacial score (nSPS) is 18.4. The van der Waals surface area contributed by atoms with Crippen LogP contribution in [0.25, 0.3) is 5.70 Å². The van der Waals surface area contributed by atoms with Gasteiger partial charge in [-0.15, -0.1) is 6.58 Å². The molecule has 0 fully saturated rings. The van der Waals surface area contributed by atoms with Gasteiger partial charge in [-0.25, -0.2) is 4.79 Å². The van der Waals surface area contributed by atoms with Crippen LogP contribution in [0.4, 0.5) is 0 Å². The Morgan fingerprint density at radius 2 is 2.15 bits per heavy atom. The van der Waals surface area contributed by atoms with Gasteiger partial charge in [0.05, 0.1) is 23.8 Å². The Hall–Kier alpha value is -2.36. The summed E-state index contributed by atoms with van der Waals surface area (Å²) >= 11 is 0. The van der Waals surface area contributed by atoms with Crippen molar-refractivity contribution in [2.24, 2.45) is 5.92 Å². The van der Waals surface area contributed by atoms with Crippen molar-refractivity contribution in [2.75, 3.05) is 6.61 Å². The second kappa shape index (κ2) is 6.19. The van der Waals surface area contributed by atoms with E-state index in [9.17, 15) is 9.59 Å². The fraction of sp³-hybridized carbons (Fsp3) is 0.250.